The van der Waals surface area contributed by atoms with Crippen LogP contribution in [0.25, 0.3) is 11.0 Å². The third-order valence-electron chi connectivity index (χ3n) is 6.42. The molecule has 0 aromatic carbocycles. The molecule has 0 saturated heterocycles. The molecule has 1 amide bonds. The number of carbonyl (C=O) groups is 1. The molecular formula is C21H27N5O3S. The number of nitrogens with one attached hydrogen (secondary N) is 2. The summed E-state index contributed by atoms with van der Waals surface area (Å²) in [5, 5.41) is 3.99. The average Bonchev–Trinajstić information content (AvgIpc) is 3.61. The van der Waals surface area contributed by atoms with Crippen LogP contribution in [0.1, 0.15) is 76.1 Å². The van der Waals surface area contributed by atoms with Crippen molar-refractivity contribution in [2.45, 2.75) is 81.3 Å². The molecule has 2 aromatic heterocycles. The van der Waals surface area contributed by atoms with Crippen LogP contribution in [-0.4, -0.2) is 37.2 Å². The van der Waals surface area contributed by atoms with E-state index in [0.29, 0.717) is 27.8 Å². The van der Waals surface area contributed by atoms with Crippen LogP contribution in [0.15, 0.2) is 14.6 Å². The number of aromatic nitrogens is 4. The van der Waals surface area contributed by atoms with Crippen molar-refractivity contribution in [2.24, 2.45) is 5.92 Å². The van der Waals surface area contributed by atoms with Crippen molar-refractivity contribution in [3.63, 3.8) is 0 Å². The van der Waals surface area contributed by atoms with Crippen LogP contribution in [0.3, 0.4) is 0 Å². The Hall–Kier alpha value is -2.16. The van der Waals surface area contributed by atoms with Gasteiger partial charge in [-0.25, -0.2) is 14.8 Å². The summed E-state index contributed by atoms with van der Waals surface area (Å²) < 4.78 is 1.61. The molecule has 8 nitrogen and oxygen atoms in total. The number of aromatic amines is 1. The van der Waals surface area contributed by atoms with E-state index >= 15 is 0 Å². The van der Waals surface area contributed by atoms with Crippen molar-refractivity contribution in [3.8, 4) is 0 Å². The van der Waals surface area contributed by atoms with Crippen LogP contribution in [0.4, 0.5) is 0 Å². The largest absolute Gasteiger partial charge is 0.352 e. The lowest BCUT2D eigenvalue weighted by molar-refractivity contribution is -0.119. The summed E-state index contributed by atoms with van der Waals surface area (Å²) >= 11 is 1.27. The molecule has 3 saturated carbocycles. The number of carbonyl (C=O) groups excluding carboxylic acids is 1. The number of fused-ring (bicyclic) bond motifs is 1. The SMILES string of the molecule is C[C@H]1CCCC[C@@H]1NC(=O)CSc1nc(C2CC2)nc2c1c(=O)[nH]c(=O)n2C1CC1. The molecule has 2 N–H and O–H groups in total. The van der Waals surface area contributed by atoms with E-state index in [1.54, 1.807) is 4.57 Å². The minimum atomic E-state index is -0.474. The van der Waals surface area contributed by atoms with Crippen molar-refractivity contribution in [3.05, 3.63) is 26.7 Å². The summed E-state index contributed by atoms with van der Waals surface area (Å²) in [5.41, 5.74) is -0.458. The summed E-state index contributed by atoms with van der Waals surface area (Å²) in [7, 11) is 0. The molecule has 5 rings (SSSR count). The van der Waals surface area contributed by atoms with Gasteiger partial charge in [-0.2, -0.15) is 0 Å². The van der Waals surface area contributed by atoms with Crippen LogP contribution in [0.2, 0.25) is 0 Å². The van der Waals surface area contributed by atoms with Gasteiger partial charge in [0.2, 0.25) is 5.91 Å². The fraction of sp³-hybridized carbons (Fsp3) is 0.667. The quantitative estimate of drug-likeness (QED) is 0.539. The molecule has 0 radical (unpaired) electrons. The minimum Gasteiger partial charge on any atom is -0.352 e. The van der Waals surface area contributed by atoms with E-state index in [-0.39, 0.29) is 29.7 Å². The third kappa shape index (κ3) is 3.91. The van der Waals surface area contributed by atoms with E-state index in [0.717, 1.165) is 44.9 Å². The van der Waals surface area contributed by atoms with E-state index in [4.69, 9.17) is 0 Å². The summed E-state index contributed by atoms with van der Waals surface area (Å²) in [5.74, 6) is 1.62. The molecule has 3 aliphatic rings. The molecule has 160 valence electrons. The zero-order valence-corrected chi connectivity index (χ0v) is 18.0. The molecule has 2 heterocycles. The fourth-order valence-corrected chi connectivity index (χ4v) is 5.18. The topological polar surface area (TPSA) is 110 Å². The highest BCUT2D eigenvalue weighted by molar-refractivity contribution is 8.00. The highest BCUT2D eigenvalue weighted by atomic mass is 32.2. The van der Waals surface area contributed by atoms with Gasteiger partial charge in [-0.3, -0.25) is 19.1 Å². The van der Waals surface area contributed by atoms with Crippen LogP contribution < -0.4 is 16.6 Å². The molecule has 0 aliphatic heterocycles. The Morgan fingerprint density at radius 1 is 1.13 bits per heavy atom. The number of amides is 1. The van der Waals surface area contributed by atoms with Crippen molar-refractivity contribution >= 4 is 28.7 Å². The first-order valence-electron chi connectivity index (χ1n) is 11.0. The number of thioether (sulfide) groups is 1. The van der Waals surface area contributed by atoms with Gasteiger partial charge in [0.15, 0.2) is 5.65 Å². The van der Waals surface area contributed by atoms with E-state index in [1.807, 2.05) is 0 Å². The Labute approximate surface area is 178 Å². The molecule has 2 atom stereocenters. The highest BCUT2D eigenvalue weighted by Crippen LogP contribution is 2.40. The highest BCUT2D eigenvalue weighted by Gasteiger charge is 2.32. The minimum absolute atomic E-state index is 0.0366. The maximum atomic E-state index is 12.7. The Bertz CT molecular complexity index is 1100. The number of hydrogen-bond donors (Lipinski definition) is 2. The van der Waals surface area contributed by atoms with E-state index in [9.17, 15) is 14.4 Å². The van der Waals surface area contributed by atoms with Gasteiger partial charge in [-0.1, -0.05) is 31.5 Å². The summed E-state index contributed by atoms with van der Waals surface area (Å²) in [6.07, 6.45) is 8.41. The van der Waals surface area contributed by atoms with Gasteiger partial charge < -0.3 is 5.32 Å². The van der Waals surface area contributed by atoms with Crippen LogP contribution in [0.5, 0.6) is 0 Å². The van der Waals surface area contributed by atoms with E-state index in [1.165, 1.54) is 18.2 Å². The molecule has 9 heteroatoms. The number of H-pyrrole nitrogens is 1. The monoisotopic (exact) mass is 429 g/mol. The van der Waals surface area contributed by atoms with Gasteiger partial charge in [0, 0.05) is 18.0 Å². The Kier molecular flexibility index (Phi) is 5.16. The Morgan fingerprint density at radius 3 is 2.60 bits per heavy atom. The normalized spacial score (nSPS) is 24.2. The summed E-state index contributed by atoms with van der Waals surface area (Å²) in [4.78, 5) is 49.4. The van der Waals surface area contributed by atoms with Crippen molar-refractivity contribution in [2.75, 3.05) is 5.75 Å². The lowest BCUT2D eigenvalue weighted by Gasteiger charge is -2.29. The second-order valence-corrected chi connectivity index (χ2v) is 9.91. The first kappa shape index (κ1) is 19.8. The van der Waals surface area contributed by atoms with Gasteiger partial charge in [0.1, 0.15) is 16.2 Å². The van der Waals surface area contributed by atoms with Crippen molar-refractivity contribution in [1.82, 2.24) is 24.8 Å². The molecular weight excluding hydrogens is 402 g/mol. The van der Waals surface area contributed by atoms with Crippen molar-refractivity contribution in [1.29, 1.82) is 0 Å². The number of hydrogen-bond acceptors (Lipinski definition) is 6. The van der Waals surface area contributed by atoms with Crippen molar-refractivity contribution < 1.29 is 4.79 Å². The smallest absolute Gasteiger partial charge is 0.330 e. The summed E-state index contributed by atoms with van der Waals surface area (Å²) in [6.45, 7) is 2.19. The van der Waals surface area contributed by atoms with Crippen LogP contribution in [-0.2, 0) is 4.79 Å². The van der Waals surface area contributed by atoms with E-state index in [2.05, 4.69) is 27.2 Å². The Balaban J connectivity index is 1.44. The number of nitrogens with zero attached hydrogens (tertiary/aromatic N) is 3. The van der Waals surface area contributed by atoms with E-state index < -0.39 is 11.2 Å². The first-order valence-corrected chi connectivity index (χ1v) is 12.0. The zero-order valence-electron chi connectivity index (χ0n) is 17.1. The lowest BCUT2D eigenvalue weighted by atomic mass is 9.86. The first-order chi connectivity index (χ1) is 14.5. The second-order valence-electron chi connectivity index (χ2n) is 8.94. The number of rotatable bonds is 6. The molecule has 3 fully saturated rings. The third-order valence-corrected chi connectivity index (χ3v) is 7.40. The van der Waals surface area contributed by atoms with Crippen LogP contribution >= 0.6 is 11.8 Å². The van der Waals surface area contributed by atoms with Crippen LogP contribution in [0, 0.1) is 5.92 Å². The lowest BCUT2D eigenvalue weighted by Crippen LogP contribution is -2.41. The van der Waals surface area contributed by atoms with Gasteiger partial charge >= 0.3 is 5.69 Å². The molecule has 30 heavy (non-hydrogen) atoms. The van der Waals surface area contributed by atoms with Gasteiger partial charge in [-0.05, 0) is 44.4 Å². The molecule has 0 spiro atoms. The van der Waals surface area contributed by atoms with Gasteiger partial charge in [0.05, 0.1) is 5.75 Å². The van der Waals surface area contributed by atoms with Gasteiger partial charge in [0.25, 0.3) is 5.56 Å². The molecule has 0 unspecified atom stereocenters. The summed E-state index contributed by atoms with van der Waals surface area (Å²) in [6, 6.07) is 0.312. The Morgan fingerprint density at radius 2 is 1.90 bits per heavy atom. The fourth-order valence-electron chi connectivity index (χ4n) is 4.35. The zero-order chi connectivity index (χ0) is 20.8. The maximum absolute atomic E-state index is 12.7. The molecule has 2 aromatic rings. The standard InChI is InChI=1S/C21H27N5O3S/c1-11-4-2-3-5-14(11)22-15(27)10-30-20-16-18(23-17(24-20)12-6-7-12)26(13-8-9-13)21(29)25-19(16)28/h11-14H,2-10H2,1H3,(H,22,27)(H,25,28,29)/t11-,14-/m0/s1. The molecule has 0 bridgehead atoms. The predicted molar refractivity (Wildman–Crippen MR) is 115 cm³/mol. The van der Waals surface area contributed by atoms with Gasteiger partial charge in [-0.15, -0.1) is 0 Å². The predicted octanol–water partition coefficient (Wildman–Crippen LogP) is 2.48. The molecule has 3 aliphatic carbocycles. The average molecular weight is 430 g/mol. The maximum Gasteiger partial charge on any atom is 0.330 e. The second kappa shape index (κ2) is 7.83.